The van der Waals surface area contributed by atoms with E-state index in [9.17, 15) is 9.36 Å². The van der Waals surface area contributed by atoms with Crippen LogP contribution in [0.2, 0.25) is 0 Å². The van der Waals surface area contributed by atoms with Crippen LogP contribution in [0.1, 0.15) is 132 Å². The summed E-state index contributed by atoms with van der Waals surface area (Å²) < 4.78 is 14.3. The summed E-state index contributed by atoms with van der Waals surface area (Å²) in [5.74, 6) is 0.286. The van der Waals surface area contributed by atoms with E-state index in [-0.39, 0.29) is 16.9 Å². The fourth-order valence-electron chi connectivity index (χ4n) is 5.46. The lowest BCUT2D eigenvalue weighted by atomic mass is 9.86. The molecular formula is C30H53O2P. The van der Waals surface area contributed by atoms with Gasteiger partial charge in [-0.25, -0.2) is 0 Å². The molecule has 2 nitrogen and oxygen atoms in total. The second-order valence-electron chi connectivity index (χ2n) is 11.9. The van der Waals surface area contributed by atoms with Crippen LogP contribution in [0.5, 0.6) is 0 Å². The van der Waals surface area contributed by atoms with Crippen LogP contribution in [-0.2, 0) is 4.57 Å². The quantitative estimate of drug-likeness (QED) is 0.176. The van der Waals surface area contributed by atoms with Gasteiger partial charge >= 0.3 is 0 Å². The zero-order valence-corrected chi connectivity index (χ0v) is 24.1. The molecule has 1 rings (SSSR count). The molecule has 0 aliphatic heterocycles. The molecule has 0 bridgehead atoms. The van der Waals surface area contributed by atoms with E-state index in [1.165, 1.54) is 51.4 Å². The van der Waals surface area contributed by atoms with Crippen LogP contribution in [0.25, 0.3) is 0 Å². The Morgan fingerprint density at radius 1 is 0.848 bits per heavy atom. The summed E-state index contributed by atoms with van der Waals surface area (Å²) in [5.41, 5.74) is 3.95. The first-order valence-electron chi connectivity index (χ1n) is 13.6. The monoisotopic (exact) mass is 476 g/mol. The summed E-state index contributed by atoms with van der Waals surface area (Å²) in [5, 5.41) is 0. The topological polar surface area (TPSA) is 34.1 Å². The predicted molar refractivity (Wildman–Crippen MR) is 147 cm³/mol. The van der Waals surface area contributed by atoms with Crippen LogP contribution in [0.3, 0.4) is 0 Å². The molecule has 0 saturated heterocycles. The molecule has 0 aliphatic carbocycles. The highest BCUT2D eigenvalue weighted by Crippen LogP contribution is 2.53. The minimum Gasteiger partial charge on any atom is -0.315 e. The van der Waals surface area contributed by atoms with Crippen molar-refractivity contribution in [3.63, 3.8) is 0 Å². The van der Waals surface area contributed by atoms with Crippen molar-refractivity contribution in [3.05, 3.63) is 34.4 Å². The van der Waals surface area contributed by atoms with Crippen molar-refractivity contribution in [1.82, 2.24) is 0 Å². The van der Waals surface area contributed by atoms with E-state index in [1.54, 1.807) is 0 Å². The van der Waals surface area contributed by atoms with Gasteiger partial charge in [0.25, 0.3) is 0 Å². The van der Waals surface area contributed by atoms with Gasteiger partial charge < -0.3 is 4.57 Å². The maximum atomic E-state index is 14.3. The first-order valence-corrected chi connectivity index (χ1v) is 15.7. The Morgan fingerprint density at radius 2 is 1.30 bits per heavy atom. The van der Waals surface area contributed by atoms with Gasteiger partial charge in [0.15, 0.2) is 7.14 Å². The van der Waals surface area contributed by atoms with Crippen LogP contribution in [0.15, 0.2) is 12.1 Å². The summed E-state index contributed by atoms with van der Waals surface area (Å²) in [6.45, 7) is 17.2. The van der Waals surface area contributed by atoms with Crippen LogP contribution < -0.4 is 0 Å². The number of carbonyl (C=O) groups is 1. The molecular weight excluding hydrogens is 423 g/mol. The number of benzene rings is 1. The lowest BCUT2D eigenvalue weighted by molar-refractivity contribution is 0.107. The van der Waals surface area contributed by atoms with Gasteiger partial charge in [0, 0.05) is 17.9 Å². The molecule has 1 aromatic rings. The third-order valence-corrected chi connectivity index (χ3v) is 9.92. The SMILES string of the molecule is CCCCCCCCCCCCP(=O)(CC(C)CC(C)(C)C)C(=O)c1c(C)cc(C)cc1C. The number of aryl methyl sites for hydroxylation is 3. The first kappa shape index (κ1) is 30.2. The number of hydrogen-bond acceptors (Lipinski definition) is 2. The Bertz CT molecular complexity index is 749. The molecule has 0 aromatic heterocycles. The van der Waals surface area contributed by atoms with Gasteiger partial charge in [-0.2, -0.15) is 0 Å². The Balaban J connectivity index is 2.79. The summed E-state index contributed by atoms with van der Waals surface area (Å²) in [6, 6.07) is 4.12. The van der Waals surface area contributed by atoms with Crippen molar-refractivity contribution < 1.29 is 9.36 Å². The van der Waals surface area contributed by atoms with Gasteiger partial charge in [0.05, 0.1) is 0 Å². The molecule has 0 N–H and O–H groups in total. The van der Waals surface area contributed by atoms with E-state index in [0.29, 0.717) is 12.3 Å². The molecule has 0 saturated carbocycles. The summed E-state index contributed by atoms with van der Waals surface area (Å²) in [4.78, 5) is 13.7. The van der Waals surface area contributed by atoms with E-state index in [0.717, 1.165) is 41.5 Å². The molecule has 3 heteroatoms. The minimum atomic E-state index is -2.96. The molecule has 0 heterocycles. The van der Waals surface area contributed by atoms with E-state index < -0.39 is 7.14 Å². The molecule has 0 amide bonds. The number of unbranched alkanes of at least 4 members (excludes halogenated alkanes) is 9. The van der Waals surface area contributed by atoms with Gasteiger partial charge in [-0.05, 0) is 56.1 Å². The Kier molecular flexibility index (Phi) is 13.3. The molecule has 190 valence electrons. The summed E-state index contributed by atoms with van der Waals surface area (Å²) in [7, 11) is -2.96. The third-order valence-electron chi connectivity index (χ3n) is 6.70. The third kappa shape index (κ3) is 11.4. The van der Waals surface area contributed by atoms with E-state index in [1.807, 2.05) is 13.8 Å². The van der Waals surface area contributed by atoms with Crippen LogP contribution >= 0.6 is 7.14 Å². The smallest absolute Gasteiger partial charge is 0.221 e. The zero-order chi connectivity index (χ0) is 25.1. The van der Waals surface area contributed by atoms with Crippen LogP contribution in [-0.4, -0.2) is 17.8 Å². The normalized spacial score (nSPS) is 14.8. The molecule has 2 atom stereocenters. The van der Waals surface area contributed by atoms with Crippen LogP contribution in [0.4, 0.5) is 0 Å². The van der Waals surface area contributed by atoms with Gasteiger partial charge in [0.2, 0.25) is 5.52 Å². The molecule has 0 aliphatic rings. The summed E-state index contributed by atoms with van der Waals surface area (Å²) >= 11 is 0. The highest BCUT2D eigenvalue weighted by atomic mass is 31.2. The first-order chi connectivity index (χ1) is 15.4. The Hall–Kier alpha value is -0.880. The molecule has 0 radical (unpaired) electrons. The highest BCUT2D eigenvalue weighted by molar-refractivity contribution is 7.81. The van der Waals surface area contributed by atoms with Gasteiger partial charge in [0.1, 0.15) is 0 Å². The van der Waals surface area contributed by atoms with Gasteiger partial charge in [-0.3, -0.25) is 4.79 Å². The molecule has 33 heavy (non-hydrogen) atoms. The molecule has 2 unspecified atom stereocenters. The zero-order valence-electron chi connectivity index (χ0n) is 23.2. The predicted octanol–water partition coefficient (Wildman–Crippen LogP) is 10.1. The van der Waals surface area contributed by atoms with Gasteiger partial charge in [-0.15, -0.1) is 0 Å². The van der Waals surface area contributed by atoms with Crippen LogP contribution in [0, 0.1) is 32.1 Å². The fraction of sp³-hybridized carbons (Fsp3) is 0.767. The minimum absolute atomic E-state index is 0.0609. The number of hydrogen-bond donors (Lipinski definition) is 0. The molecule has 0 spiro atoms. The maximum Gasteiger partial charge on any atom is 0.221 e. The average molecular weight is 477 g/mol. The van der Waals surface area contributed by atoms with Crippen molar-refractivity contribution in [1.29, 1.82) is 0 Å². The average Bonchev–Trinajstić information content (AvgIpc) is 2.67. The van der Waals surface area contributed by atoms with Crippen molar-refractivity contribution in [2.75, 3.05) is 12.3 Å². The van der Waals surface area contributed by atoms with Crippen molar-refractivity contribution >= 4 is 12.7 Å². The lowest BCUT2D eigenvalue weighted by Crippen LogP contribution is -2.19. The van der Waals surface area contributed by atoms with Crippen molar-refractivity contribution in [3.8, 4) is 0 Å². The molecule has 0 fully saturated rings. The highest BCUT2D eigenvalue weighted by Gasteiger charge is 2.36. The van der Waals surface area contributed by atoms with E-state index in [2.05, 4.69) is 53.7 Å². The fourth-order valence-corrected chi connectivity index (χ4v) is 8.65. The van der Waals surface area contributed by atoms with E-state index in [4.69, 9.17) is 0 Å². The van der Waals surface area contributed by atoms with Gasteiger partial charge in [-0.1, -0.05) is 110 Å². The second kappa shape index (κ2) is 14.5. The molecule has 1 aromatic carbocycles. The maximum absolute atomic E-state index is 14.3. The largest absolute Gasteiger partial charge is 0.315 e. The Morgan fingerprint density at radius 3 is 1.76 bits per heavy atom. The number of carbonyl (C=O) groups excluding carboxylic acids is 1. The Labute approximate surface area is 206 Å². The van der Waals surface area contributed by atoms with Crippen molar-refractivity contribution in [2.24, 2.45) is 11.3 Å². The summed E-state index contributed by atoms with van der Waals surface area (Å²) in [6.07, 6.45) is 14.6. The van der Waals surface area contributed by atoms with E-state index >= 15 is 0 Å². The lowest BCUT2D eigenvalue weighted by Gasteiger charge is -2.27. The second-order valence-corrected chi connectivity index (χ2v) is 14.9. The number of rotatable bonds is 16. The standard InChI is InChI=1S/C30H53O2P/c1-9-10-11-12-13-14-15-16-17-18-19-33(32,23-25(3)22-30(6,7)8)29(31)28-26(4)20-24(2)21-27(28)5/h20-21,25H,9-19,22-23H2,1-8H3. The van der Waals surface area contributed by atoms with Crippen molar-refractivity contribution in [2.45, 2.75) is 126 Å².